The second-order valence-corrected chi connectivity index (χ2v) is 6.44. The molecule has 1 aromatic heterocycles. The average molecular weight is 371 g/mol. The summed E-state index contributed by atoms with van der Waals surface area (Å²) in [5, 5.41) is 11.5. The van der Waals surface area contributed by atoms with Crippen LogP contribution in [0.25, 0.3) is 0 Å². The summed E-state index contributed by atoms with van der Waals surface area (Å²) in [5.74, 6) is -1.13. The highest BCUT2D eigenvalue weighted by atomic mass is 16.6. The first-order valence-electron chi connectivity index (χ1n) is 8.93. The fourth-order valence-corrected chi connectivity index (χ4v) is 3.17. The molecule has 142 valence electrons. The Morgan fingerprint density at radius 2 is 1.89 bits per heavy atom. The van der Waals surface area contributed by atoms with Gasteiger partial charge in [-0.15, -0.1) is 0 Å². The molecule has 0 aliphatic carbocycles. The molecule has 3 rings (SSSR count). The van der Waals surface area contributed by atoms with Crippen LogP contribution in [0.4, 0.5) is 11.4 Å². The molecule has 0 saturated carbocycles. The number of ketones is 1. The van der Waals surface area contributed by atoms with Gasteiger partial charge in [0, 0.05) is 25.4 Å². The molecule has 1 fully saturated rings. The van der Waals surface area contributed by atoms with Gasteiger partial charge in [0.25, 0.3) is 5.69 Å². The molecule has 1 N–H and O–H groups in total. The number of anilines is 1. The Balaban J connectivity index is 1.73. The lowest BCUT2D eigenvalue weighted by Gasteiger charge is -2.22. The first-order valence-corrected chi connectivity index (χ1v) is 8.93. The number of rotatable bonds is 6. The van der Waals surface area contributed by atoms with Crippen LogP contribution in [-0.4, -0.2) is 41.4 Å². The van der Waals surface area contributed by atoms with Crippen LogP contribution >= 0.6 is 0 Å². The molecular weight excluding hydrogens is 350 g/mol. The van der Waals surface area contributed by atoms with E-state index in [9.17, 15) is 19.7 Å². The predicted octanol–water partition coefficient (Wildman–Crippen LogP) is 3.34. The maximum atomic E-state index is 12.2. The van der Waals surface area contributed by atoms with E-state index in [0.29, 0.717) is 11.4 Å². The number of nitrogens with one attached hydrogen (secondary N) is 1. The van der Waals surface area contributed by atoms with Crippen molar-refractivity contribution in [3.8, 4) is 0 Å². The SMILES string of the molecule is O=C(OCC(=O)c1ccc[nH]1)c1ccc(N2CCCCCC2)c([N+](=O)[O-])c1. The van der Waals surface area contributed by atoms with Crippen molar-refractivity contribution >= 4 is 23.1 Å². The number of ether oxygens (including phenoxy) is 1. The van der Waals surface area contributed by atoms with Gasteiger partial charge < -0.3 is 14.6 Å². The van der Waals surface area contributed by atoms with E-state index in [1.54, 1.807) is 24.4 Å². The topological polar surface area (TPSA) is 106 Å². The number of H-pyrrole nitrogens is 1. The molecule has 1 saturated heterocycles. The van der Waals surface area contributed by atoms with Gasteiger partial charge in [-0.1, -0.05) is 12.8 Å². The Bertz CT molecular complexity index is 824. The predicted molar refractivity (Wildman–Crippen MR) is 99.2 cm³/mol. The van der Waals surface area contributed by atoms with Crippen molar-refractivity contribution < 1.29 is 19.2 Å². The van der Waals surface area contributed by atoms with Gasteiger partial charge in [-0.3, -0.25) is 14.9 Å². The van der Waals surface area contributed by atoms with Crippen LogP contribution in [0.15, 0.2) is 36.5 Å². The fourth-order valence-electron chi connectivity index (χ4n) is 3.17. The number of aromatic nitrogens is 1. The zero-order valence-corrected chi connectivity index (χ0v) is 14.8. The minimum absolute atomic E-state index is 0.0551. The molecular formula is C19H21N3O5. The highest BCUT2D eigenvalue weighted by Gasteiger charge is 2.23. The Kier molecular flexibility index (Phi) is 5.85. The zero-order chi connectivity index (χ0) is 19.2. The number of Topliss-reactive ketones (excluding diaryl/α,β-unsaturated/α-hetero) is 1. The number of aromatic amines is 1. The monoisotopic (exact) mass is 371 g/mol. The van der Waals surface area contributed by atoms with E-state index in [1.165, 1.54) is 12.1 Å². The van der Waals surface area contributed by atoms with Crippen LogP contribution in [-0.2, 0) is 4.74 Å². The third kappa shape index (κ3) is 4.52. The summed E-state index contributed by atoms with van der Waals surface area (Å²) in [4.78, 5) is 39.9. The first kappa shape index (κ1) is 18.6. The number of carbonyl (C=O) groups excluding carboxylic acids is 2. The van der Waals surface area contributed by atoms with E-state index in [0.717, 1.165) is 38.8 Å². The van der Waals surface area contributed by atoms with Crippen LogP contribution in [0.1, 0.15) is 46.5 Å². The zero-order valence-electron chi connectivity index (χ0n) is 14.8. The van der Waals surface area contributed by atoms with Crippen molar-refractivity contribution in [3.05, 3.63) is 57.9 Å². The minimum atomic E-state index is -0.763. The molecule has 0 amide bonds. The van der Waals surface area contributed by atoms with Gasteiger partial charge in [0.15, 0.2) is 6.61 Å². The van der Waals surface area contributed by atoms with Crippen molar-refractivity contribution in [2.24, 2.45) is 0 Å². The van der Waals surface area contributed by atoms with Crippen LogP contribution in [0.5, 0.6) is 0 Å². The minimum Gasteiger partial charge on any atom is -0.454 e. The molecule has 0 radical (unpaired) electrons. The third-order valence-electron chi connectivity index (χ3n) is 4.59. The number of nitro benzene ring substituents is 1. The molecule has 1 aliphatic heterocycles. The smallest absolute Gasteiger partial charge is 0.338 e. The van der Waals surface area contributed by atoms with E-state index < -0.39 is 17.5 Å². The maximum absolute atomic E-state index is 12.2. The summed E-state index contributed by atoms with van der Waals surface area (Å²) in [6.45, 7) is 1.09. The standard InChI is InChI=1S/C19H21N3O5/c23-18(15-6-5-9-20-15)13-27-19(24)14-7-8-16(17(12-14)22(25)26)21-10-3-1-2-4-11-21/h5-9,12,20H,1-4,10-11,13H2. The molecule has 0 unspecified atom stereocenters. The summed E-state index contributed by atoms with van der Waals surface area (Å²) in [6, 6.07) is 7.57. The fraction of sp³-hybridized carbons (Fsp3) is 0.368. The van der Waals surface area contributed by atoms with Crippen molar-refractivity contribution in [1.29, 1.82) is 0 Å². The number of nitro groups is 1. The van der Waals surface area contributed by atoms with Gasteiger partial charge in [0.2, 0.25) is 5.78 Å². The number of esters is 1. The molecule has 27 heavy (non-hydrogen) atoms. The normalized spacial score (nSPS) is 14.4. The molecule has 2 heterocycles. The average Bonchev–Trinajstić information content (AvgIpc) is 3.08. The molecule has 2 aromatic rings. The molecule has 0 atom stereocenters. The summed E-state index contributed by atoms with van der Waals surface area (Å²) < 4.78 is 5.01. The summed E-state index contributed by atoms with van der Waals surface area (Å²) in [5.41, 5.74) is 0.785. The molecule has 1 aliphatic rings. The van der Waals surface area contributed by atoms with Crippen LogP contribution < -0.4 is 4.90 Å². The Hall–Kier alpha value is -3.16. The molecule has 1 aromatic carbocycles. The largest absolute Gasteiger partial charge is 0.454 e. The van der Waals surface area contributed by atoms with Crippen LogP contribution in [0.2, 0.25) is 0 Å². The molecule has 8 heteroatoms. The number of benzene rings is 1. The molecule has 0 spiro atoms. The number of hydrogen-bond donors (Lipinski definition) is 1. The van der Waals surface area contributed by atoms with Crippen molar-refractivity contribution in [2.45, 2.75) is 25.7 Å². The van der Waals surface area contributed by atoms with E-state index in [2.05, 4.69) is 4.98 Å². The van der Waals surface area contributed by atoms with Gasteiger partial charge in [0.1, 0.15) is 5.69 Å². The van der Waals surface area contributed by atoms with Gasteiger partial charge in [-0.25, -0.2) is 4.79 Å². The van der Waals surface area contributed by atoms with Crippen molar-refractivity contribution in [1.82, 2.24) is 4.98 Å². The third-order valence-corrected chi connectivity index (χ3v) is 4.59. The Morgan fingerprint density at radius 3 is 2.52 bits per heavy atom. The second-order valence-electron chi connectivity index (χ2n) is 6.44. The van der Waals surface area contributed by atoms with E-state index in [4.69, 9.17) is 4.74 Å². The lowest BCUT2D eigenvalue weighted by Crippen LogP contribution is -2.25. The summed E-state index contributed by atoms with van der Waals surface area (Å²) in [6.07, 6.45) is 5.80. The van der Waals surface area contributed by atoms with Crippen LogP contribution in [0, 0.1) is 10.1 Å². The van der Waals surface area contributed by atoms with Gasteiger partial charge in [0.05, 0.1) is 16.2 Å². The number of nitrogens with zero attached hydrogens (tertiary/aromatic N) is 2. The van der Waals surface area contributed by atoms with Crippen LogP contribution in [0.3, 0.4) is 0 Å². The lowest BCUT2D eigenvalue weighted by atomic mass is 10.1. The first-order chi connectivity index (χ1) is 13.1. The van der Waals surface area contributed by atoms with Crippen molar-refractivity contribution in [2.75, 3.05) is 24.6 Å². The van der Waals surface area contributed by atoms with Gasteiger partial charge in [-0.05, 0) is 37.1 Å². The van der Waals surface area contributed by atoms with Gasteiger partial charge in [-0.2, -0.15) is 0 Å². The van der Waals surface area contributed by atoms with E-state index in [-0.39, 0.29) is 17.0 Å². The van der Waals surface area contributed by atoms with Gasteiger partial charge >= 0.3 is 5.97 Å². The maximum Gasteiger partial charge on any atom is 0.338 e. The Labute approximate surface area is 156 Å². The summed E-state index contributed by atoms with van der Waals surface area (Å²) >= 11 is 0. The number of hydrogen-bond acceptors (Lipinski definition) is 6. The highest BCUT2D eigenvalue weighted by Crippen LogP contribution is 2.31. The Morgan fingerprint density at radius 1 is 1.15 bits per heavy atom. The van der Waals surface area contributed by atoms with E-state index in [1.807, 2.05) is 4.90 Å². The molecule has 8 nitrogen and oxygen atoms in total. The summed E-state index contributed by atoms with van der Waals surface area (Å²) in [7, 11) is 0. The van der Waals surface area contributed by atoms with E-state index >= 15 is 0 Å². The quantitative estimate of drug-likeness (QED) is 0.361. The second kappa shape index (κ2) is 8.48. The number of carbonyl (C=O) groups is 2. The highest BCUT2D eigenvalue weighted by molar-refractivity contribution is 5.98. The van der Waals surface area contributed by atoms with Crippen molar-refractivity contribution in [3.63, 3.8) is 0 Å². The lowest BCUT2D eigenvalue weighted by molar-refractivity contribution is -0.384. The molecule has 0 bridgehead atoms.